The molecule has 0 aliphatic rings. The maximum Gasteiger partial charge on any atom is 0.261 e. The van der Waals surface area contributed by atoms with Crippen LogP contribution >= 0.6 is 0 Å². The zero-order chi connectivity index (χ0) is 33.3. The monoisotopic (exact) mass is 641 g/mol. The number of amides is 4. The third kappa shape index (κ3) is 30.6. The number of carbonyl (C=O) groups excluding carboxylic acids is 5. The van der Waals surface area contributed by atoms with Gasteiger partial charge in [-0.05, 0) is 51.5 Å². The number of ketones is 1. The van der Waals surface area contributed by atoms with Crippen LogP contribution in [-0.2, 0) is 34.1 Å². The first kappa shape index (κ1) is 42.4. The molecule has 0 aliphatic carbocycles. The number of carbonyl (C=O) groups is 5. The van der Waals surface area contributed by atoms with Crippen molar-refractivity contribution in [3.8, 4) is 0 Å². The molecule has 16 nitrogen and oxygen atoms in total. The number of rotatable bonds is 23. The second-order valence-corrected chi connectivity index (χ2v) is 11.5. The Bertz CT molecular complexity index is 926. The van der Waals surface area contributed by atoms with Gasteiger partial charge in [0.25, 0.3) is 10.1 Å². The van der Waals surface area contributed by atoms with Gasteiger partial charge in [-0.2, -0.15) is 8.42 Å². The van der Waals surface area contributed by atoms with Crippen LogP contribution in [0.2, 0.25) is 0 Å². The van der Waals surface area contributed by atoms with E-state index < -0.39 is 27.8 Å². The van der Waals surface area contributed by atoms with Crippen molar-refractivity contribution < 1.29 is 52.6 Å². The standard InChI is InChI=1S/C25H47N5O8.CH4O3S/c1-21(31)28(36)18-8-2-5-11-22(32)12-14-24(34)29(37)20-10-4-7-17-27-23(33)13-15-25(35)30(38)19-9-3-6-16-26;1-5(2,3)4/h36-38H,2-20,26H2,1H3,(H,27,33);1H3,(H,2,3,4). The Morgan fingerprint density at radius 2 is 1.09 bits per heavy atom. The number of hydrogen-bond acceptors (Lipinski definition) is 11. The van der Waals surface area contributed by atoms with Gasteiger partial charge in [0, 0.05) is 65.2 Å². The lowest BCUT2D eigenvalue weighted by Crippen LogP contribution is -2.31. The van der Waals surface area contributed by atoms with E-state index in [-0.39, 0.29) is 57.0 Å². The number of nitrogens with one attached hydrogen (secondary N) is 1. The van der Waals surface area contributed by atoms with E-state index in [1.54, 1.807) is 0 Å². The lowest BCUT2D eigenvalue weighted by atomic mass is 10.1. The van der Waals surface area contributed by atoms with Crippen molar-refractivity contribution >= 4 is 39.5 Å². The van der Waals surface area contributed by atoms with E-state index in [1.807, 2.05) is 0 Å². The Hall–Kier alpha value is -2.70. The minimum atomic E-state index is -3.67. The van der Waals surface area contributed by atoms with Crippen LogP contribution in [0.4, 0.5) is 0 Å². The normalized spacial score (nSPS) is 10.8. The zero-order valence-corrected chi connectivity index (χ0v) is 26.2. The highest BCUT2D eigenvalue weighted by molar-refractivity contribution is 7.85. The number of nitrogens with two attached hydrogens (primary N) is 1. The quantitative estimate of drug-likeness (QED) is 0.0399. The first-order valence-electron chi connectivity index (χ1n) is 14.4. The summed E-state index contributed by atoms with van der Waals surface area (Å²) in [7, 11) is -3.67. The molecule has 0 heterocycles. The van der Waals surface area contributed by atoms with Crippen LogP contribution < -0.4 is 11.1 Å². The van der Waals surface area contributed by atoms with Crippen molar-refractivity contribution in [3.63, 3.8) is 0 Å². The largest absolute Gasteiger partial charge is 0.356 e. The van der Waals surface area contributed by atoms with E-state index in [9.17, 15) is 48.0 Å². The summed E-state index contributed by atoms with van der Waals surface area (Å²) < 4.78 is 25.9. The van der Waals surface area contributed by atoms with Crippen molar-refractivity contribution in [1.29, 1.82) is 0 Å². The average molecular weight is 642 g/mol. The van der Waals surface area contributed by atoms with Crippen LogP contribution in [-0.4, -0.2) is 112 Å². The molecule has 4 amide bonds. The molecule has 0 bridgehead atoms. The van der Waals surface area contributed by atoms with E-state index in [1.165, 1.54) is 6.92 Å². The molecule has 0 aromatic heterocycles. The maximum absolute atomic E-state index is 12.0. The third-order valence-electron chi connectivity index (χ3n) is 5.89. The fourth-order valence-electron chi connectivity index (χ4n) is 3.48. The van der Waals surface area contributed by atoms with Gasteiger partial charge in [0.1, 0.15) is 5.78 Å². The molecule has 0 unspecified atom stereocenters. The predicted octanol–water partition coefficient (Wildman–Crippen LogP) is 1.27. The zero-order valence-electron chi connectivity index (χ0n) is 25.4. The van der Waals surface area contributed by atoms with E-state index in [0.29, 0.717) is 85.9 Å². The Balaban J connectivity index is 0. The molecule has 0 radical (unpaired) electrons. The molecular weight excluding hydrogens is 590 g/mol. The van der Waals surface area contributed by atoms with Crippen LogP contribution in [0.5, 0.6) is 0 Å². The van der Waals surface area contributed by atoms with Gasteiger partial charge in [-0.1, -0.05) is 12.8 Å². The fraction of sp³-hybridized carbons (Fsp3) is 0.808. The second-order valence-electron chi connectivity index (χ2n) is 10.0. The Labute approximate surface area is 254 Å². The molecule has 0 saturated carbocycles. The number of hydroxylamine groups is 6. The molecule has 0 aromatic carbocycles. The average Bonchev–Trinajstić information content (AvgIpc) is 2.92. The van der Waals surface area contributed by atoms with E-state index in [4.69, 9.17) is 10.3 Å². The van der Waals surface area contributed by atoms with Crippen LogP contribution in [0.15, 0.2) is 0 Å². The van der Waals surface area contributed by atoms with Crippen molar-refractivity contribution in [3.05, 3.63) is 0 Å². The van der Waals surface area contributed by atoms with Crippen molar-refractivity contribution in [2.24, 2.45) is 5.73 Å². The molecule has 17 heteroatoms. The molecule has 252 valence electrons. The topological polar surface area (TPSA) is 248 Å². The van der Waals surface area contributed by atoms with Gasteiger partial charge in [0.15, 0.2) is 0 Å². The van der Waals surface area contributed by atoms with Crippen molar-refractivity contribution in [1.82, 2.24) is 20.5 Å². The number of unbranched alkanes of at least 4 members (excludes halogenated alkanes) is 6. The van der Waals surface area contributed by atoms with Crippen LogP contribution in [0.25, 0.3) is 0 Å². The van der Waals surface area contributed by atoms with Gasteiger partial charge in [0.05, 0.1) is 6.26 Å². The molecule has 0 rings (SSSR count). The summed E-state index contributed by atoms with van der Waals surface area (Å²) >= 11 is 0. The molecule has 0 saturated heterocycles. The lowest BCUT2D eigenvalue weighted by molar-refractivity contribution is -0.166. The third-order valence-corrected chi connectivity index (χ3v) is 5.89. The number of nitrogens with zero attached hydrogens (tertiary/aromatic N) is 3. The Morgan fingerprint density at radius 1 is 0.651 bits per heavy atom. The number of hydrogen-bond donors (Lipinski definition) is 6. The van der Waals surface area contributed by atoms with Crippen LogP contribution in [0.3, 0.4) is 0 Å². The molecule has 43 heavy (non-hydrogen) atoms. The minimum Gasteiger partial charge on any atom is -0.356 e. The van der Waals surface area contributed by atoms with Crippen LogP contribution in [0, 0.1) is 0 Å². The van der Waals surface area contributed by atoms with Gasteiger partial charge in [-0.25, -0.2) is 15.2 Å². The summed E-state index contributed by atoms with van der Waals surface area (Å²) in [5.74, 6) is -1.81. The highest BCUT2D eigenvalue weighted by Crippen LogP contribution is 2.07. The highest BCUT2D eigenvalue weighted by Gasteiger charge is 2.14. The predicted molar refractivity (Wildman–Crippen MR) is 155 cm³/mol. The molecule has 0 fully saturated rings. The van der Waals surface area contributed by atoms with Gasteiger partial charge < -0.3 is 11.1 Å². The van der Waals surface area contributed by atoms with Gasteiger partial charge in [-0.15, -0.1) is 0 Å². The minimum absolute atomic E-state index is 0.0164. The van der Waals surface area contributed by atoms with E-state index in [2.05, 4.69) is 5.32 Å². The first-order chi connectivity index (χ1) is 20.1. The molecule has 0 spiro atoms. The number of Topliss-reactive ketones (excluding diaryl/α,β-unsaturated/α-hetero) is 1. The lowest BCUT2D eigenvalue weighted by Gasteiger charge is -2.15. The molecule has 0 aliphatic heterocycles. The summed E-state index contributed by atoms with van der Waals surface area (Å²) in [6.07, 6.45) is 6.87. The maximum atomic E-state index is 12.0. The second kappa shape index (κ2) is 25.8. The van der Waals surface area contributed by atoms with E-state index >= 15 is 0 Å². The molecule has 0 aromatic rings. The smallest absolute Gasteiger partial charge is 0.261 e. The van der Waals surface area contributed by atoms with Gasteiger partial charge in [0.2, 0.25) is 23.6 Å². The SMILES string of the molecule is CC(=O)N(O)CCCCCC(=O)CCC(=O)N(O)CCCCCNC(=O)CCC(=O)N(O)CCCCCN.CS(=O)(=O)O. The van der Waals surface area contributed by atoms with Crippen molar-refractivity contribution in [2.75, 3.05) is 39.0 Å². The van der Waals surface area contributed by atoms with Gasteiger partial charge >= 0.3 is 0 Å². The van der Waals surface area contributed by atoms with Crippen molar-refractivity contribution in [2.45, 2.75) is 96.8 Å². The van der Waals surface area contributed by atoms with Gasteiger partial charge in [-0.3, -0.25) is 44.1 Å². The fourth-order valence-corrected chi connectivity index (χ4v) is 3.48. The molecule has 0 atom stereocenters. The highest BCUT2D eigenvalue weighted by atomic mass is 32.2. The van der Waals surface area contributed by atoms with E-state index in [0.717, 1.165) is 12.8 Å². The Morgan fingerprint density at radius 3 is 1.58 bits per heavy atom. The Kier molecular flexibility index (Phi) is 25.4. The van der Waals surface area contributed by atoms with Crippen LogP contribution in [0.1, 0.15) is 96.8 Å². The molecular formula is C26H51N5O11S. The molecule has 7 N–H and O–H groups in total. The first-order valence-corrected chi connectivity index (χ1v) is 16.3. The summed E-state index contributed by atoms with van der Waals surface area (Å²) in [4.78, 5) is 58.4. The summed E-state index contributed by atoms with van der Waals surface area (Å²) in [6, 6.07) is 0. The summed E-state index contributed by atoms with van der Waals surface area (Å²) in [5, 5.41) is 33.4. The summed E-state index contributed by atoms with van der Waals surface area (Å²) in [6.45, 7) is 2.79. The summed E-state index contributed by atoms with van der Waals surface area (Å²) in [5.41, 5.74) is 5.39.